The number of rotatable bonds is 10. The van der Waals surface area contributed by atoms with E-state index in [9.17, 15) is 19.8 Å². The van der Waals surface area contributed by atoms with Crippen LogP contribution in [0.25, 0.3) is 11.1 Å². The van der Waals surface area contributed by atoms with E-state index in [0.717, 1.165) is 34.2 Å². The monoisotopic (exact) mass is 518 g/mol. The van der Waals surface area contributed by atoms with E-state index in [1.54, 1.807) is 13.2 Å². The van der Waals surface area contributed by atoms with Crippen LogP contribution in [0.3, 0.4) is 0 Å². The van der Waals surface area contributed by atoms with Gasteiger partial charge in [0.1, 0.15) is 11.5 Å². The molecule has 3 aromatic carbocycles. The minimum absolute atomic E-state index is 0.0397. The van der Waals surface area contributed by atoms with Crippen LogP contribution in [-0.2, 0) is 16.0 Å². The maximum atomic E-state index is 13.1. The van der Waals surface area contributed by atoms with Gasteiger partial charge in [-0.25, -0.2) is 0 Å². The Bertz CT molecular complexity index is 1380. The number of carboxylic acid groups (broad SMARTS) is 2. The van der Waals surface area contributed by atoms with E-state index >= 15 is 0 Å². The maximum Gasteiger partial charge on any atom is 0.310 e. The zero-order chi connectivity index (χ0) is 26.9. The largest absolute Gasteiger partial charge is 0.496 e. The van der Waals surface area contributed by atoms with Gasteiger partial charge >= 0.3 is 11.9 Å². The minimum atomic E-state index is -1.39. The summed E-state index contributed by atoms with van der Waals surface area (Å²) in [5, 5.41) is 20.3. The minimum Gasteiger partial charge on any atom is -0.496 e. The third-order valence-electron chi connectivity index (χ3n) is 7.45. The van der Waals surface area contributed by atoms with Gasteiger partial charge in [0.2, 0.25) is 6.79 Å². The summed E-state index contributed by atoms with van der Waals surface area (Å²) in [6.07, 6.45) is 0.632. The predicted molar refractivity (Wildman–Crippen MR) is 139 cm³/mol. The Balaban J connectivity index is 1.77. The lowest BCUT2D eigenvalue weighted by atomic mass is 9.69. The second kappa shape index (κ2) is 10.3. The van der Waals surface area contributed by atoms with Crippen LogP contribution in [0.1, 0.15) is 48.8 Å². The fourth-order valence-corrected chi connectivity index (χ4v) is 5.76. The molecule has 0 saturated heterocycles. The van der Waals surface area contributed by atoms with Crippen LogP contribution in [0.2, 0.25) is 0 Å². The first-order valence-corrected chi connectivity index (χ1v) is 12.7. The zero-order valence-corrected chi connectivity index (χ0v) is 21.4. The van der Waals surface area contributed by atoms with E-state index in [-0.39, 0.29) is 26.1 Å². The lowest BCUT2D eigenvalue weighted by molar-refractivity contribution is -0.150. The Hall–Kier alpha value is -4.20. The van der Waals surface area contributed by atoms with Crippen LogP contribution in [0.15, 0.2) is 54.6 Å². The summed E-state index contributed by atoms with van der Waals surface area (Å²) in [5.74, 6) is -0.280. The second-order valence-electron chi connectivity index (χ2n) is 9.63. The molecule has 0 amide bonds. The molecule has 3 aromatic rings. The Morgan fingerprint density at radius 3 is 2.55 bits per heavy atom. The van der Waals surface area contributed by atoms with Crippen molar-refractivity contribution in [2.75, 3.05) is 20.5 Å². The van der Waals surface area contributed by atoms with Crippen molar-refractivity contribution in [3.8, 4) is 34.1 Å². The number of benzene rings is 3. The van der Waals surface area contributed by atoms with Gasteiger partial charge in [-0.15, -0.1) is 0 Å². The molecule has 0 saturated carbocycles. The molecule has 0 aromatic heterocycles. The highest BCUT2D eigenvalue weighted by molar-refractivity contribution is 5.86. The van der Waals surface area contributed by atoms with E-state index in [2.05, 4.69) is 0 Å². The van der Waals surface area contributed by atoms with E-state index in [1.165, 1.54) is 0 Å². The SMILES string of the molecule is CCCOc1ccc2c(c1-c1ccccc1OC)CC(CCC(=O)O)(C(=O)O)C2c1ccc2c(c1)OCO2. The fraction of sp³-hybridized carbons (Fsp3) is 0.333. The summed E-state index contributed by atoms with van der Waals surface area (Å²) < 4.78 is 22.9. The van der Waals surface area contributed by atoms with Crippen LogP contribution in [0.4, 0.5) is 0 Å². The molecule has 38 heavy (non-hydrogen) atoms. The van der Waals surface area contributed by atoms with Gasteiger partial charge in [0.25, 0.3) is 0 Å². The molecule has 0 spiro atoms. The van der Waals surface area contributed by atoms with Crippen molar-refractivity contribution in [3.05, 3.63) is 71.3 Å². The number of carboxylic acids is 2. The van der Waals surface area contributed by atoms with E-state index in [0.29, 0.717) is 29.6 Å². The Morgan fingerprint density at radius 1 is 1.03 bits per heavy atom. The number of ether oxygens (including phenoxy) is 4. The van der Waals surface area contributed by atoms with Crippen LogP contribution < -0.4 is 18.9 Å². The molecular formula is C30H30O8. The maximum absolute atomic E-state index is 13.1. The van der Waals surface area contributed by atoms with Crippen LogP contribution in [0.5, 0.6) is 23.0 Å². The first-order chi connectivity index (χ1) is 18.4. The van der Waals surface area contributed by atoms with Crippen molar-refractivity contribution in [3.63, 3.8) is 0 Å². The number of para-hydroxylation sites is 1. The molecule has 198 valence electrons. The molecule has 2 atom stereocenters. The summed E-state index contributed by atoms with van der Waals surface area (Å²) in [7, 11) is 1.60. The summed E-state index contributed by atoms with van der Waals surface area (Å²) in [6.45, 7) is 2.61. The standard InChI is InChI=1S/C30H30O8/c1-3-14-36-24-11-9-19-21(27(24)20-6-4-5-7-22(20)35-2)16-30(29(33)34,13-12-26(31)32)28(19)18-8-10-23-25(15-18)38-17-37-23/h4-11,15,28H,3,12-14,16-17H2,1-2H3,(H,31,32)(H,33,34). The molecule has 1 heterocycles. The molecule has 0 radical (unpaired) electrons. The summed E-state index contributed by atoms with van der Waals surface area (Å²) >= 11 is 0. The van der Waals surface area contributed by atoms with Gasteiger partial charge in [0, 0.05) is 23.5 Å². The molecule has 2 N–H and O–H groups in total. The molecular weight excluding hydrogens is 488 g/mol. The van der Waals surface area contributed by atoms with Gasteiger partial charge in [-0.3, -0.25) is 9.59 Å². The summed E-state index contributed by atoms with van der Waals surface area (Å²) in [6, 6.07) is 16.8. The van der Waals surface area contributed by atoms with E-state index < -0.39 is 23.3 Å². The molecule has 1 aliphatic carbocycles. The highest BCUT2D eigenvalue weighted by Crippen LogP contribution is 2.58. The quantitative estimate of drug-likeness (QED) is 0.362. The van der Waals surface area contributed by atoms with Gasteiger partial charge < -0.3 is 29.2 Å². The Kier molecular flexibility index (Phi) is 6.89. The summed E-state index contributed by atoms with van der Waals surface area (Å²) in [4.78, 5) is 24.8. The first kappa shape index (κ1) is 25.4. The highest BCUT2D eigenvalue weighted by atomic mass is 16.7. The molecule has 8 heteroatoms. The molecule has 0 fully saturated rings. The molecule has 1 aliphatic heterocycles. The zero-order valence-electron chi connectivity index (χ0n) is 21.4. The number of hydrogen-bond acceptors (Lipinski definition) is 6. The summed E-state index contributed by atoms with van der Waals surface area (Å²) in [5.41, 5.74) is 2.54. The van der Waals surface area contributed by atoms with Gasteiger partial charge in [-0.1, -0.05) is 37.3 Å². The average molecular weight is 519 g/mol. The lowest BCUT2D eigenvalue weighted by Crippen LogP contribution is -2.36. The van der Waals surface area contributed by atoms with Crippen LogP contribution >= 0.6 is 0 Å². The lowest BCUT2D eigenvalue weighted by Gasteiger charge is -2.32. The molecule has 2 unspecified atom stereocenters. The Morgan fingerprint density at radius 2 is 1.82 bits per heavy atom. The highest BCUT2D eigenvalue weighted by Gasteiger charge is 2.53. The Labute approximate surface area is 220 Å². The van der Waals surface area contributed by atoms with Crippen molar-refractivity contribution in [2.24, 2.45) is 5.41 Å². The van der Waals surface area contributed by atoms with Crippen molar-refractivity contribution < 1.29 is 38.7 Å². The normalized spacial score (nSPS) is 19.2. The molecule has 0 bridgehead atoms. The predicted octanol–water partition coefficient (Wildman–Crippen LogP) is 5.50. The van der Waals surface area contributed by atoms with Crippen molar-refractivity contribution in [1.29, 1.82) is 0 Å². The average Bonchev–Trinajstić information content (AvgIpc) is 3.52. The van der Waals surface area contributed by atoms with Crippen molar-refractivity contribution >= 4 is 11.9 Å². The molecule has 5 rings (SSSR count). The van der Waals surface area contributed by atoms with E-state index in [4.69, 9.17) is 18.9 Å². The van der Waals surface area contributed by atoms with Gasteiger partial charge in [0.05, 0.1) is 19.1 Å². The van der Waals surface area contributed by atoms with Gasteiger partial charge in [0.15, 0.2) is 11.5 Å². The number of fused-ring (bicyclic) bond motifs is 2. The third-order valence-corrected chi connectivity index (χ3v) is 7.45. The smallest absolute Gasteiger partial charge is 0.310 e. The molecule has 8 nitrogen and oxygen atoms in total. The first-order valence-electron chi connectivity index (χ1n) is 12.7. The van der Waals surface area contributed by atoms with Gasteiger partial charge in [-0.2, -0.15) is 0 Å². The second-order valence-corrected chi connectivity index (χ2v) is 9.63. The van der Waals surface area contributed by atoms with Gasteiger partial charge in [-0.05, 0) is 60.2 Å². The van der Waals surface area contributed by atoms with Crippen molar-refractivity contribution in [1.82, 2.24) is 0 Å². The number of methoxy groups -OCH3 is 1. The molecule has 2 aliphatic rings. The van der Waals surface area contributed by atoms with E-state index in [1.807, 2.05) is 55.5 Å². The fourth-order valence-electron chi connectivity index (χ4n) is 5.76. The number of carbonyl (C=O) groups is 2. The van der Waals surface area contributed by atoms with Crippen LogP contribution in [-0.4, -0.2) is 42.7 Å². The third kappa shape index (κ3) is 4.30. The number of hydrogen-bond donors (Lipinski definition) is 2. The topological polar surface area (TPSA) is 112 Å². The van der Waals surface area contributed by atoms with Crippen molar-refractivity contribution in [2.45, 2.75) is 38.5 Å². The van der Waals surface area contributed by atoms with Crippen LogP contribution in [0, 0.1) is 5.41 Å². The number of aliphatic carboxylic acids is 2.